The normalized spacial score (nSPS) is 26.1. The fourth-order valence-corrected chi connectivity index (χ4v) is 3.57. The Labute approximate surface area is 128 Å². The quantitative estimate of drug-likeness (QED) is 0.861. The van der Waals surface area contributed by atoms with Crippen molar-refractivity contribution in [2.45, 2.75) is 51.0 Å². The molecule has 1 atom stereocenters. The lowest BCUT2D eigenvalue weighted by Gasteiger charge is -2.36. The number of alkyl halides is 2. The molecule has 3 rings (SSSR count). The topological polar surface area (TPSA) is 51.0 Å². The van der Waals surface area contributed by atoms with Crippen molar-refractivity contribution in [3.63, 3.8) is 0 Å². The molecule has 0 N–H and O–H groups in total. The smallest absolute Gasteiger partial charge is 0.248 e. The molecule has 2 fully saturated rings. The van der Waals surface area contributed by atoms with Gasteiger partial charge in [-0.05, 0) is 31.6 Å². The van der Waals surface area contributed by atoms with Gasteiger partial charge in [0.2, 0.25) is 11.8 Å². The molecule has 0 spiro atoms. The zero-order valence-electron chi connectivity index (χ0n) is 12.6. The minimum Gasteiger partial charge on any atom is -0.342 e. The van der Waals surface area contributed by atoms with E-state index in [1.165, 1.54) is 6.33 Å². The summed E-state index contributed by atoms with van der Waals surface area (Å²) in [7, 11) is 0. The van der Waals surface area contributed by atoms with Gasteiger partial charge in [0.05, 0.1) is 0 Å². The standard InChI is InChI=1S/C15H22F2N4O/c16-15(17)5-1-2-13(8-15)14(22)20-6-3-12(4-7-20)9-21-11-18-10-19-21/h10-13H,1-9H2. The van der Waals surface area contributed by atoms with Crippen molar-refractivity contribution in [2.75, 3.05) is 13.1 Å². The highest BCUT2D eigenvalue weighted by molar-refractivity contribution is 5.79. The second kappa shape index (κ2) is 6.30. The molecule has 1 saturated heterocycles. The number of amides is 1. The molecule has 1 aromatic rings. The number of halogens is 2. The lowest BCUT2D eigenvalue weighted by Crippen LogP contribution is -2.44. The van der Waals surface area contributed by atoms with Crippen molar-refractivity contribution >= 4 is 5.91 Å². The molecular formula is C15H22F2N4O. The lowest BCUT2D eigenvalue weighted by atomic mass is 9.85. The highest BCUT2D eigenvalue weighted by Crippen LogP contribution is 2.37. The van der Waals surface area contributed by atoms with Crippen molar-refractivity contribution in [3.8, 4) is 0 Å². The molecule has 122 valence electrons. The summed E-state index contributed by atoms with van der Waals surface area (Å²) >= 11 is 0. The van der Waals surface area contributed by atoms with Crippen LogP contribution in [0.3, 0.4) is 0 Å². The average Bonchev–Trinajstić information content (AvgIpc) is 2.99. The van der Waals surface area contributed by atoms with E-state index in [1.807, 2.05) is 4.68 Å². The molecule has 1 aliphatic carbocycles. The van der Waals surface area contributed by atoms with Gasteiger partial charge >= 0.3 is 0 Å². The number of carbonyl (C=O) groups excluding carboxylic acids is 1. The monoisotopic (exact) mass is 312 g/mol. The van der Waals surface area contributed by atoms with Crippen LogP contribution < -0.4 is 0 Å². The molecule has 1 aromatic heterocycles. The van der Waals surface area contributed by atoms with Crippen molar-refractivity contribution < 1.29 is 13.6 Å². The van der Waals surface area contributed by atoms with E-state index in [-0.39, 0.29) is 18.7 Å². The van der Waals surface area contributed by atoms with Gasteiger partial charge in [0.25, 0.3) is 0 Å². The first kappa shape index (κ1) is 15.4. The fraction of sp³-hybridized carbons (Fsp3) is 0.800. The summed E-state index contributed by atoms with van der Waals surface area (Å²) < 4.78 is 28.7. The minimum atomic E-state index is -2.66. The van der Waals surface area contributed by atoms with E-state index < -0.39 is 11.8 Å². The molecule has 7 heteroatoms. The summed E-state index contributed by atoms with van der Waals surface area (Å²) in [5.41, 5.74) is 0. The maximum absolute atomic E-state index is 13.5. The Morgan fingerprint density at radius 3 is 2.68 bits per heavy atom. The van der Waals surface area contributed by atoms with E-state index in [9.17, 15) is 13.6 Å². The molecule has 2 heterocycles. The minimum absolute atomic E-state index is 0.0708. The van der Waals surface area contributed by atoms with Gasteiger partial charge < -0.3 is 4.90 Å². The zero-order valence-corrected chi connectivity index (χ0v) is 12.6. The summed E-state index contributed by atoms with van der Waals surface area (Å²) in [6.45, 7) is 2.14. The molecule has 5 nitrogen and oxygen atoms in total. The first-order valence-corrected chi connectivity index (χ1v) is 8.02. The molecular weight excluding hydrogens is 290 g/mol. The van der Waals surface area contributed by atoms with Gasteiger partial charge in [-0.1, -0.05) is 0 Å². The zero-order chi connectivity index (χ0) is 15.6. The summed E-state index contributed by atoms with van der Waals surface area (Å²) in [4.78, 5) is 18.1. The van der Waals surface area contributed by atoms with Crippen molar-refractivity contribution in [1.82, 2.24) is 19.7 Å². The predicted octanol–water partition coefficient (Wildman–Crippen LogP) is 2.34. The molecule has 2 aliphatic rings. The molecule has 1 aliphatic heterocycles. The van der Waals surface area contributed by atoms with Crippen molar-refractivity contribution in [2.24, 2.45) is 11.8 Å². The largest absolute Gasteiger partial charge is 0.342 e. The van der Waals surface area contributed by atoms with E-state index in [1.54, 1.807) is 11.2 Å². The van der Waals surface area contributed by atoms with Crippen LogP contribution >= 0.6 is 0 Å². The van der Waals surface area contributed by atoms with E-state index >= 15 is 0 Å². The predicted molar refractivity (Wildman–Crippen MR) is 76.2 cm³/mol. The molecule has 0 radical (unpaired) electrons. The number of hydrogen-bond donors (Lipinski definition) is 0. The van der Waals surface area contributed by atoms with Crippen LogP contribution in [-0.2, 0) is 11.3 Å². The molecule has 0 bridgehead atoms. The van der Waals surface area contributed by atoms with Crippen LogP contribution in [0.25, 0.3) is 0 Å². The number of carbonyl (C=O) groups is 1. The molecule has 22 heavy (non-hydrogen) atoms. The number of nitrogens with zero attached hydrogens (tertiary/aromatic N) is 4. The SMILES string of the molecule is O=C(C1CCCC(F)(F)C1)N1CCC(Cn2cncn2)CC1. The third-order valence-electron chi connectivity index (χ3n) is 4.83. The highest BCUT2D eigenvalue weighted by Gasteiger charge is 2.40. The number of likely N-dealkylation sites (tertiary alicyclic amines) is 1. The Bertz CT molecular complexity index is 498. The van der Waals surface area contributed by atoms with Crippen LogP contribution in [0, 0.1) is 11.8 Å². The van der Waals surface area contributed by atoms with Crippen LogP contribution in [-0.4, -0.2) is 44.6 Å². The number of rotatable bonds is 3. The van der Waals surface area contributed by atoms with Crippen LogP contribution in [0.2, 0.25) is 0 Å². The van der Waals surface area contributed by atoms with E-state index in [2.05, 4.69) is 10.1 Å². The third-order valence-corrected chi connectivity index (χ3v) is 4.83. The Hall–Kier alpha value is -1.53. The third kappa shape index (κ3) is 3.62. The van der Waals surface area contributed by atoms with Gasteiger partial charge in [-0.2, -0.15) is 5.10 Å². The van der Waals surface area contributed by atoms with Crippen LogP contribution in [0.1, 0.15) is 38.5 Å². The van der Waals surface area contributed by atoms with Gasteiger partial charge in [-0.3, -0.25) is 9.48 Å². The average molecular weight is 312 g/mol. The second-order valence-electron chi connectivity index (χ2n) is 6.54. The second-order valence-corrected chi connectivity index (χ2v) is 6.54. The Morgan fingerprint density at radius 2 is 2.05 bits per heavy atom. The Balaban J connectivity index is 1.49. The summed E-state index contributed by atoms with van der Waals surface area (Å²) in [5.74, 6) is -2.75. The molecule has 1 unspecified atom stereocenters. The van der Waals surface area contributed by atoms with Crippen LogP contribution in [0.15, 0.2) is 12.7 Å². The Kier molecular flexibility index (Phi) is 4.40. The van der Waals surface area contributed by atoms with Crippen molar-refractivity contribution in [1.29, 1.82) is 0 Å². The van der Waals surface area contributed by atoms with E-state index in [0.717, 1.165) is 19.4 Å². The first-order valence-electron chi connectivity index (χ1n) is 8.02. The Morgan fingerprint density at radius 1 is 1.27 bits per heavy atom. The van der Waals surface area contributed by atoms with Crippen LogP contribution in [0.5, 0.6) is 0 Å². The molecule has 1 amide bonds. The summed E-state index contributed by atoms with van der Waals surface area (Å²) in [6.07, 6.45) is 5.72. The molecule has 1 saturated carbocycles. The number of hydrogen-bond acceptors (Lipinski definition) is 3. The van der Waals surface area contributed by atoms with Gasteiger partial charge in [-0.25, -0.2) is 13.8 Å². The summed E-state index contributed by atoms with van der Waals surface area (Å²) in [6, 6.07) is 0. The van der Waals surface area contributed by atoms with E-state index in [0.29, 0.717) is 31.8 Å². The van der Waals surface area contributed by atoms with Crippen LogP contribution in [0.4, 0.5) is 8.78 Å². The maximum atomic E-state index is 13.5. The molecule has 0 aromatic carbocycles. The number of piperidine rings is 1. The lowest BCUT2D eigenvalue weighted by molar-refractivity contribution is -0.144. The van der Waals surface area contributed by atoms with Gasteiger partial charge in [0.1, 0.15) is 12.7 Å². The fourth-order valence-electron chi connectivity index (χ4n) is 3.57. The number of aromatic nitrogens is 3. The summed E-state index contributed by atoms with van der Waals surface area (Å²) in [5, 5.41) is 4.10. The van der Waals surface area contributed by atoms with Gasteiger partial charge in [0.15, 0.2) is 0 Å². The maximum Gasteiger partial charge on any atom is 0.248 e. The van der Waals surface area contributed by atoms with E-state index in [4.69, 9.17) is 0 Å². The van der Waals surface area contributed by atoms with Gasteiger partial charge in [0, 0.05) is 38.4 Å². The van der Waals surface area contributed by atoms with Gasteiger partial charge in [-0.15, -0.1) is 0 Å². The first-order chi connectivity index (χ1) is 10.5. The van der Waals surface area contributed by atoms with Crippen molar-refractivity contribution in [3.05, 3.63) is 12.7 Å². The highest BCUT2D eigenvalue weighted by atomic mass is 19.3.